The summed E-state index contributed by atoms with van der Waals surface area (Å²) in [4.78, 5) is 0. The van der Waals surface area contributed by atoms with Gasteiger partial charge in [-0.05, 0) is 0 Å². The summed E-state index contributed by atoms with van der Waals surface area (Å²) < 4.78 is 109. The topological polar surface area (TPSA) is 82.4 Å². The van der Waals surface area contributed by atoms with Crippen LogP contribution in [0.4, 0.5) is 26.3 Å². The second-order valence-electron chi connectivity index (χ2n) is 1.92. The predicted molar refractivity (Wildman–Crippen MR) is 33.3 cm³/mol. The molecule has 102 valence electrons. The molecule has 0 aromatic heterocycles. The van der Waals surface area contributed by atoms with Crippen molar-refractivity contribution in [2.75, 3.05) is 0 Å². The van der Waals surface area contributed by atoms with E-state index in [1.165, 1.54) is 0 Å². The van der Waals surface area contributed by atoms with E-state index < -0.39 is 31.1 Å². The van der Waals surface area contributed by atoms with Gasteiger partial charge in [0, 0.05) is 0 Å². The van der Waals surface area contributed by atoms with Gasteiger partial charge < -0.3 is 4.13 Å². The maximum Gasteiger partial charge on any atom is 1.00 e. The van der Waals surface area contributed by atoms with E-state index in [4.69, 9.17) is 0 Å². The molecule has 5 nitrogen and oxygen atoms in total. The second-order valence-corrected chi connectivity index (χ2v) is 5.34. The van der Waals surface area contributed by atoms with Crippen LogP contribution in [0.5, 0.6) is 0 Å². The van der Waals surface area contributed by atoms with E-state index in [0.717, 1.165) is 4.13 Å². The van der Waals surface area contributed by atoms with Gasteiger partial charge in [-0.2, -0.15) is 26.3 Å². The number of halogens is 6. The van der Waals surface area contributed by atoms with Crippen LogP contribution in [0.15, 0.2) is 0 Å². The summed E-state index contributed by atoms with van der Waals surface area (Å²) in [6, 6.07) is 0. The maximum absolute atomic E-state index is 11.4. The monoisotopic (exact) mass is 477 g/mol. The molecule has 0 spiro atoms. The van der Waals surface area contributed by atoms with E-state index in [2.05, 4.69) is 0 Å². The van der Waals surface area contributed by atoms with Gasteiger partial charge in [-0.3, -0.25) is 0 Å². The third-order valence-electron chi connectivity index (χ3n) is 0.781. The van der Waals surface area contributed by atoms with Crippen molar-refractivity contribution in [1.82, 2.24) is 0 Å². The Morgan fingerprint density at radius 2 is 0.875 bits per heavy atom. The molecule has 0 radical (unpaired) electrons. The Morgan fingerprint density at radius 1 is 0.688 bits per heavy atom. The van der Waals surface area contributed by atoms with Crippen molar-refractivity contribution in [2.24, 2.45) is 0 Å². The molecule has 0 unspecified atom stereocenters. The number of nitrogens with zero attached hydrogens (tertiary/aromatic N) is 1. The normalized spacial score (nSPS) is 14.4. The Balaban J connectivity index is 0. The fourth-order valence-corrected chi connectivity index (χ4v) is 1.92. The van der Waals surface area contributed by atoms with Crippen LogP contribution < -0.4 is 0 Å². The van der Waals surface area contributed by atoms with E-state index in [9.17, 15) is 43.2 Å². The minimum atomic E-state index is -6.72. The summed E-state index contributed by atoms with van der Waals surface area (Å²) in [5.41, 5.74) is -12.4. The summed E-state index contributed by atoms with van der Waals surface area (Å²) in [7, 11) is -13.4. The number of sulfonamides is 2. The molecule has 0 aliphatic rings. The summed E-state index contributed by atoms with van der Waals surface area (Å²) in [6.07, 6.45) is 0. The van der Waals surface area contributed by atoms with E-state index in [1.807, 2.05) is 0 Å². The summed E-state index contributed by atoms with van der Waals surface area (Å²) in [5, 5.41) is 0. The van der Waals surface area contributed by atoms with Crippen LogP contribution in [-0.4, -0.2) is 27.9 Å². The average Bonchev–Trinajstić information content (AvgIpc) is 1.77. The predicted octanol–water partition coefficient (Wildman–Crippen LogP) is 1.06. The fourth-order valence-electron chi connectivity index (χ4n) is 0.214. The Kier molecular flexibility index (Phi) is 5.58. The molecule has 16 heavy (non-hydrogen) atoms. The molecule has 0 aliphatic carbocycles. The number of hydrogen-bond donors (Lipinski definition) is 0. The number of hydrogen-bond acceptors (Lipinski definition) is 4. The van der Waals surface area contributed by atoms with Gasteiger partial charge in [-0.15, -0.1) is 0 Å². The number of rotatable bonds is 2. The minimum Gasteiger partial charge on any atom is -0.421 e. The molecule has 0 atom stereocenters. The Labute approximate surface area is 101 Å². The molecule has 0 aliphatic heterocycles. The Bertz CT molecular complexity index is 390. The van der Waals surface area contributed by atoms with Crippen molar-refractivity contribution in [3.05, 3.63) is 4.13 Å². The number of alkyl halides is 6. The standard InChI is InChI=1S/C2F6NO4S2.Au/c3-1(4,5)14(10,11)9-15(12,13)2(6,7)8;/q-1;+1. The van der Waals surface area contributed by atoms with E-state index in [0.29, 0.717) is 0 Å². The van der Waals surface area contributed by atoms with Gasteiger partial charge >= 0.3 is 33.4 Å². The Hall–Kier alpha value is 0.180. The fraction of sp³-hybridized carbons (Fsp3) is 1.00. The van der Waals surface area contributed by atoms with Gasteiger partial charge in [0.25, 0.3) is 0 Å². The van der Waals surface area contributed by atoms with Crippen molar-refractivity contribution >= 4 is 20.0 Å². The van der Waals surface area contributed by atoms with Gasteiger partial charge in [0.1, 0.15) is 0 Å². The zero-order valence-corrected chi connectivity index (χ0v) is 10.3. The molecule has 0 saturated heterocycles. The van der Waals surface area contributed by atoms with Crippen LogP contribution in [0.25, 0.3) is 4.13 Å². The first-order chi connectivity index (χ1) is 6.21. The van der Waals surface area contributed by atoms with E-state index >= 15 is 0 Å². The minimum absolute atomic E-state index is 0. The SMILES string of the molecule is O=S(=O)([N-]S(=O)(=O)C(F)(F)F)C(F)(F)F.[Au+]. The van der Waals surface area contributed by atoms with Crippen LogP contribution in [0, 0.1) is 0 Å². The quantitative estimate of drug-likeness (QED) is 0.440. The first-order valence-corrected chi connectivity index (χ1v) is 5.45. The second kappa shape index (κ2) is 4.81. The van der Waals surface area contributed by atoms with E-state index in [1.54, 1.807) is 0 Å². The molecule has 14 heteroatoms. The third kappa shape index (κ3) is 4.21. The first-order valence-electron chi connectivity index (χ1n) is 2.57. The van der Waals surface area contributed by atoms with Crippen LogP contribution in [0.1, 0.15) is 0 Å². The van der Waals surface area contributed by atoms with Crippen molar-refractivity contribution in [2.45, 2.75) is 11.0 Å². The molecule has 0 aromatic carbocycles. The largest absolute Gasteiger partial charge is 1.00 e. The van der Waals surface area contributed by atoms with Crippen LogP contribution in [0.2, 0.25) is 0 Å². The average molecular weight is 477 g/mol. The van der Waals surface area contributed by atoms with Gasteiger partial charge in [-0.25, -0.2) is 16.8 Å². The maximum atomic E-state index is 11.4. The smallest absolute Gasteiger partial charge is 0.421 e. The Morgan fingerprint density at radius 3 is 1.00 bits per heavy atom. The first kappa shape index (κ1) is 18.5. The van der Waals surface area contributed by atoms with Crippen molar-refractivity contribution in [3.8, 4) is 0 Å². The van der Waals surface area contributed by atoms with Gasteiger partial charge in [0.15, 0.2) is 20.0 Å². The molecule has 0 rings (SSSR count). The summed E-state index contributed by atoms with van der Waals surface area (Å²) in [6.45, 7) is 0. The van der Waals surface area contributed by atoms with Gasteiger partial charge in [0.2, 0.25) is 0 Å². The molecule has 0 bridgehead atoms. The molecule has 0 heterocycles. The third-order valence-corrected chi connectivity index (χ3v) is 3.52. The van der Waals surface area contributed by atoms with Crippen LogP contribution >= 0.6 is 0 Å². The molecule has 0 fully saturated rings. The van der Waals surface area contributed by atoms with Crippen molar-refractivity contribution in [3.63, 3.8) is 0 Å². The molecule has 0 saturated carbocycles. The van der Waals surface area contributed by atoms with Gasteiger partial charge in [-0.1, -0.05) is 0 Å². The van der Waals surface area contributed by atoms with Gasteiger partial charge in [0.05, 0.1) is 0 Å². The molecular formula is C2AuF6NO4S2. The van der Waals surface area contributed by atoms with Crippen molar-refractivity contribution in [1.29, 1.82) is 0 Å². The molecule has 0 aromatic rings. The molecule has 0 N–H and O–H groups in total. The zero-order chi connectivity index (χ0) is 12.7. The van der Waals surface area contributed by atoms with Crippen LogP contribution in [0.3, 0.4) is 0 Å². The zero-order valence-electron chi connectivity index (χ0n) is 6.47. The summed E-state index contributed by atoms with van der Waals surface area (Å²) >= 11 is 0. The molecular weight excluding hydrogens is 477 g/mol. The van der Waals surface area contributed by atoms with Crippen molar-refractivity contribution < 1.29 is 65.6 Å². The van der Waals surface area contributed by atoms with E-state index in [-0.39, 0.29) is 22.4 Å². The van der Waals surface area contributed by atoms with Crippen LogP contribution in [-0.2, 0) is 42.4 Å². The summed E-state index contributed by atoms with van der Waals surface area (Å²) in [5.74, 6) is 0. The molecule has 0 amide bonds.